The van der Waals surface area contributed by atoms with E-state index in [2.05, 4.69) is 52.7 Å². The lowest BCUT2D eigenvalue weighted by Crippen LogP contribution is -2.60. The lowest BCUT2D eigenvalue weighted by molar-refractivity contribution is -0.130. The van der Waals surface area contributed by atoms with E-state index in [-0.39, 0.29) is 11.4 Å². The fourth-order valence-corrected chi connectivity index (χ4v) is 4.79. The number of fused-ring (bicyclic) bond motifs is 1. The Hall–Kier alpha value is -2.24. The third-order valence-electron chi connectivity index (χ3n) is 6.57. The molecule has 148 valence electrons. The number of rotatable bonds is 4. The van der Waals surface area contributed by atoms with E-state index in [0.29, 0.717) is 13.0 Å². The molecule has 1 amide bonds. The van der Waals surface area contributed by atoms with Gasteiger partial charge in [-0.2, -0.15) is 0 Å². The first kappa shape index (κ1) is 19.1. The molecule has 2 aromatic rings. The zero-order valence-electron chi connectivity index (χ0n) is 16.8. The normalized spacial score (nSPS) is 24.6. The lowest BCUT2D eigenvalue weighted by Gasteiger charge is -2.49. The van der Waals surface area contributed by atoms with Crippen molar-refractivity contribution in [2.24, 2.45) is 0 Å². The summed E-state index contributed by atoms with van der Waals surface area (Å²) in [4.78, 5) is 24.0. The van der Waals surface area contributed by atoms with Gasteiger partial charge in [0, 0.05) is 62.8 Å². The SMILES string of the molecule is C=CCN1CC[C@@]2(CCC1=O)CN(Cc1ccnc3ccccc13)CCN2C. The number of amides is 1. The third-order valence-corrected chi connectivity index (χ3v) is 6.57. The van der Waals surface area contributed by atoms with Crippen LogP contribution in [-0.2, 0) is 11.3 Å². The molecule has 1 atom stereocenters. The van der Waals surface area contributed by atoms with Crippen LogP contribution >= 0.6 is 0 Å². The minimum atomic E-state index is 0.0761. The van der Waals surface area contributed by atoms with Gasteiger partial charge >= 0.3 is 0 Å². The van der Waals surface area contributed by atoms with Gasteiger partial charge in [-0.1, -0.05) is 24.3 Å². The van der Waals surface area contributed by atoms with Crippen LogP contribution in [0.5, 0.6) is 0 Å². The van der Waals surface area contributed by atoms with E-state index >= 15 is 0 Å². The Bertz CT molecular complexity index is 861. The molecule has 0 N–H and O–H groups in total. The number of piperazine rings is 1. The second-order valence-corrected chi connectivity index (χ2v) is 8.22. The van der Waals surface area contributed by atoms with Crippen LogP contribution in [0.15, 0.2) is 49.2 Å². The minimum absolute atomic E-state index is 0.0761. The highest BCUT2D eigenvalue weighted by molar-refractivity contribution is 5.81. The highest BCUT2D eigenvalue weighted by atomic mass is 16.2. The first-order valence-electron chi connectivity index (χ1n) is 10.3. The van der Waals surface area contributed by atoms with E-state index in [4.69, 9.17) is 0 Å². The highest BCUT2D eigenvalue weighted by Crippen LogP contribution is 2.33. The average molecular weight is 379 g/mol. The molecular weight excluding hydrogens is 348 g/mol. The molecule has 1 spiro atoms. The first-order valence-corrected chi connectivity index (χ1v) is 10.3. The Morgan fingerprint density at radius 3 is 2.89 bits per heavy atom. The molecule has 0 radical (unpaired) electrons. The summed E-state index contributed by atoms with van der Waals surface area (Å²) in [6.45, 7) is 9.32. The Kier molecular flexibility index (Phi) is 5.47. The number of nitrogens with zero attached hydrogens (tertiary/aromatic N) is 4. The van der Waals surface area contributed by atoms with Crippen molar-refractivity contribution in [3.8, 4) is 0 Å². The predicted octanol–water partition coefficient (Wildman–Crippen LogP) is 2.92. The molecule has 0 saturated carbocycles. The van der Waals surface area contributed by atoms with Crippen LogP contribution in [0, 0.1) is 0 Å². The van der Waals surface area contributed by atoms with Crippen LogP contribution < -0.4 is 0 Å². The quantitative estimate of drug-likeness (QED) is 0.767. The monoisotopic (exact) mass is 378 g/mol. The number of aromatic nitrogens is 1. The van der Waals surface area contributed by atoms with Gasteiger partial charge in [0.05, 0.1) is 5.52 Å². The van der Waals surface area contributed by atoms with E-state index in [1.54, 1.807) is 0 Å². The van der Waals surface area contributed by atoms with Crippen molar-refractivity contribution in [2.45, 2.75) is 31.3 Å². The fourth-order valence-electron chi connectivity index (χ4n) is 4.79. The van der Waals surface area contributed by atoms with Gasteiger partial charge in [-0.3, -0.25) is 19.6 Å². The molecule has 2 aliphatic rings. The number of hydrogen-bond acceptors (Lipinski definition) is 4. The summed E-state index contributed by atoms with van der Waals surface area (Å²) in [5.41, 5.74) is 2.47. The molecule has 1 aromatic heterocycles. The van der Waals surface area contributed by atoms with E-state index in [1.807, 2.05) is 23.2 Å². The Morgan fingerprint density at radius 2 is 2.04 bits per heavy atom. The Morgan fingerprint density at radius 1 is 1.18 bits per heavy atom. The maximum Gasteiger partial charge on any atom is 0.222 e. The zero-order valence-corrected chi connectivity index (χ0v) is 16.8. The van der Waals surface area contributed by atoms with Crippen molar-refractivity contribution in [3.63, 3.8) is 0 Å². The van der Waals surface area contributed by atoms with Crippen molar-refractivity contribution in [1.82, 2.24) is 19.7 Å². The molecule has 2 aliphatic heterocycles. The molecule has 2 saturated heterocycles. The van der Waals surface area contributed by atoms with Gasteiger partial charge in [0.2, 0.25) is 5.91 Å². The van der Waals surface area contributed by atoms with Crippen LogP contribution in [0.4, 0.5) is 0 Å². The van der Waals surface area contributed by atoms with Crippen LogP contribution in [0.2, 0.25) is 0 Å². The molecule has 0 bridgehead atoms. The van der Waals surface area contributed by atoms with Gasteiger partial charge in [0.1, 0.15) is 0 Å². The molecule has 28 heavy (non-hydrogen) atoms. The van der Waals surface area contributed by atoms with Crippen molar-refractivity contribution < 1.29 is 4.79 Å². The topological polar surface area (TPSA) is 39.7 Å². The van der Waals surface area contributed by atoms with Crippen LogP contribution in [0.1, 0.15) is 24.8 Å². The first-order chi connectivity index (χ1) is 13.6. The predicted molar refractivity (Wildman–Crippen MR) is 113 cm³/mol. The van der Waals surface area contributed by atoms with E-state index in [9.17, 15) is 4.79 Å². The summed E-state index contributed by atoms with van der Waals surface area (Å²) >= 11 is 0. The van der Waals surface area contributed by atoms with Gasteiger partial charge in [0.15, 0.2) is 0 Å². The van der Waals surface area contributed by atoms with Gasteiger partial charge in [-0.25, -0.2) is 0 Å². The van der Waals surface area contributed by atoms with Crippen molar-refractivity contribution in [3.05, 3.63) is 54.7 Å². The zero-order chi connectivity index (χ0) is 19.6. The standard InChI is InChI=1S/C23H30N4O/c1-3-13-27-14-11-23(10-8-22(27)28)18-26(16-15-25(23)2)17-19-9-12-24-21-7-5-4-6-20(19)21/h3-7,9,12H,1,8,10-11,13-18H2,2H3/t23-/m0/s1. The fraction of sp³-hybridized carbons (Fsp3) is 0.478. The summed E-state index contributed by atoms with van der Waals surface area (Å²) in [6.07, 6.45) is 6.34. The summed E-state index contributed by atoms with van der Waals surface area (Å²) in [5, 5.41) is 1.24. The Labute approximate surface area is 167 Å². The molecule has 0 aliphatic carbocycles. The minimum Gasteiger partial charge on any atom is -0.339 e. The Balaban J connectivity index is 1.53. The number of carbonyl (C=O) groups excluding carboxylic acids is 1. The summed E-state index contributed by atoms with van der Waals surface area (Å²) in [6, 6.07) is 10.5. The van der Waals surface area contributed by atoms with Gasteiger partial charge in [-0.15, -0.1) is 6.58 Å². The van der Waals surface area contributed by atoms with Crippen molar-refractivity contribution >= 4 is 16.8 Å². The number of likely N-dealkylation sites (N-methyl/N-ethyl adjacent to an activating group) is 1. The number of pyridine rings is 1. The summed E-state index contributed by atoms with van der Waals surface area (Å²) in [7, 11) is 2.23. The maximum atomic E-state index is 12.5. The molecular formula is C23H30N4O. The summed E-state index contributed by atoms with van der Waals surface area (Å²) < 4.78 is 0. The highest BCUT2D eigenvalue weighted by Gasteiger charge is 2.42. The van der Waals surface area contributed by atoms with Gasteiger partial charge in [0.25, 0.3) is 0 Å². The third kappa shape index (κ3) is 3.69. The molecule has 2 fully saturated rings. The molecule has 5 heteroatoms. The molecule has 5 nitrogen and oxygen atoms in total. The number of carbonyl (C=O) groups is 1. The van der Waals surface area contributed by atoms with Crippen molar-refractivity contribution in [1.29, 1.82) is 0 Å². The van der Waals surface area contributed by atoms with Crippen LogP contribution in [-0.4, -0.2) is 70.9 Å². The molecule has 1 aromatic carbocycles. The van der Waals surface area contributed by atoms with Crippen LogP contribution in [0.25, 0.3) is 10.9 Å². The maximum absolute atomic E-state index is 12.5. The van der Waals surface area contributed by atoms with Gasteiger partial charge in [-0.05, 0) is 37.6 Å². The lowest BCUT2D eigenvalue weighted by atomic mass is 9.86. The van der Waals surface area contributed by atoms with Gasteiger partial charge < -0.3 is 4.90 Å². The number of benzene rings is 1. The van der Waals surface area contributed by atoms with E-state index < -0.39 is 0 Å². The van der Waals surface area contributed by atoms with E-state index in [0.717, 1.165) is 51.1 Å². The average Bonchev–Trinajstić information content (AvgIpc) is 2.86. The second-order valence-electron chi connectivity index (χ2n) is 8.22. The number of likely N-dealkylation sites (tertiary alicyclic amines) is 1. The number of para-hydroxylation sites is 1. The van der Waals surface area contributed by atoms with Crippen LogP contribution in [0.3, 0.4) is 0 Å². The smallest absolute Gasteiger partial charge is 0.222 e. The van der Waals surface area contributed by atoms with Crippen molar-refractivity contribution in [2.75, 3.05) is 39.8 Å². The molecule has 3 heterocycles. The van der Waals surface area contributed by atoms with E-state index in [1.165, 1.54) is 10.9 Å². The second kappa shape index (κ2) is 8.02. The number of hydrogen-bond donors (Lipinski definition) is 0. The summed E-state index contributed by atoms with van der Waals surface area (Å²) in [5.74, 6) is 0.266. The molecule has 0 unspecified atom stereocenters. The molecule has 4 rings (SSSR count). The largest absolute Gasteiger partial charge is 0.339 e.